The van der Waals surface area contributed by atoms with Gasteiger partial charge in [-0.15, -0.1) is 0 Å². The number of amides is 2. The molecule has 1 aliphatic rings. The SMILES string of the molecule is CC(C)(C)OC(=O)N[C@H]1CCN(Cc2ccc(F)cc2)C1=O. The van der Waals surface area contributed by atoms with Crippen LogP contribution in [0.3, 0.4) is 0 Å². The molecule has 0 unspecified atom stereocenters. The normalized spacial score (nSPS) is 18.5. The molecule has 1 heterocycles. The quantitative estimate of drug-likeness (QED) is 0.933. The zero-order valence-electron chi connectivity index (χ0n) is 13.1. The third-order valence-electron chi connectivity index (χ3n) is 3.28. The average Bonchev–Trinajstić information content (AvgIpc) is 2.72. The Morgan fingerprint density at radius 3 is 2.59 bits per heavy atom. The van der Waals surface area contributed by atoms with Crippen LogP contribution in [0.4, 0.5) is 9.18 Å². The number of rotatable bonds is 3. The summed E-state index contributed by atoms with van der Waals surface area (Å²) >= 11 is 0. The van der Waals surface area contributed by atoms with Crippen LogP contribution < -0.4 is 5.32 Å². The molecule has 5 nitrogen and oxygen atoms in total. The minimum Gasteiger partial charge on any atom is -0.444 e. The number of carbonyl (C=O) groups excluding carboxylic acids is 2. The lowest BCUT2D eigenvalue weighted by atomic mass is 10.2. The first kappa shape index (κ1) is 16.3. The van der Waals surface area contributed by atoms with Gasteiger partial charge in [0.05, 0.1) is 0 Å². The third-order valence-corrected chi connectivity index (χ3v) is 3.28. The van der Waals surface area contributed by atoms with Crippen molar-refractivity contribution in [2.24, 2.45) is 0 Å². The second kappa shape index (κ2) is 6.34. The molecule has 0 aliphatic carbocycles. The van der Waals surface area contributed by atoms with Gasteiger partial charge in [0, 0.05) is 13.1 Å². The molecule has 6 heteroatoms. The molecule has 1 saturated heterocycles. The van der Waals surface area contributed by atoms with Gasteiger partial charge in [-0.25, -0.2) is 9.18 Å². The van der Waals surface area contributed by atoms with E-state index in [0.29, 0.717) is 19.5 Å². The molecule has 0 saturated carbocycles. The van der Waals surface area contributed by atoms with Crippen molar-refractivity contribution < 1.29 is 18.7 Å². The summed E-state index contributed by atoms with van der Waals surface area (Å²) in [5.41, 5.74) is 0.257. The Hall–Kier alpha value is -2.11. The van der Waals surface area contributed by atoms with Gasteiger partial charge >= 0.3 is 6.09 Å². The highest BCUT2D eigenvalue weighted by molar-refractivity contribution is 5.87. The molecule has 1 N–H and O–H groups in total. The van der Waals surface area contributed by atoms with Gasteiger partial charge in [-0.3, -0.25) is 4.79 Å². The maximum absolute atomic E-state index is 12.9. The Bertz CT molecular complexity index is 552. The zero-order chi connectivity index (χ0) is 16.3. The Labute approximate surface area is 129 Å². The van der Waals surface area contributed by atoms with Crippen molar-refractivity contribution in [3.8, 4) is 0 Å². The van der Waals surface area contributed by atoms with E-state index in [9.17, 15) is 14.0 Å². The van der Waals surface area contributed by atoms with Gasteiger partial charge in [0.2, 0.25) is 5.91 Å². The molecular weight excluding hydrogens is 287 g/mol. The van der Waals surface area contributed by atoms with Gasteiger partial charge in [-0.2, -0.15) is 0 Å². The van der Waals surface area contributed by atoms with Crippen LogP contribution in [0.25, 0.3) is 0 Å². The first-order valence-corrected chi connectivity index (χ1v) is 7.27. The molecule has 1 atom stereocenters. The molecule has 2 amide bonds. The summed E-state index contributed by atoms with van der Waals surface area (Å²) in [6.45, 7) is 6.26. The van der Waals surface area contributed by atoms with E-state index in [1.165, 1.54) is 12.1 Å². The van der Waals surface area contributed by atoms with Crippen LogP contribution in [0, 0.1) is 5.82 Å². The van der Waals surface area contributed by atoms with E-state index in [0.717, 1.165) is 5.56 Å². The topological polar surface area (TPSA) is 58.6 Å². The molecule has 2 rings (SSSR count). The number of hydrogen-bond donors (Lipinski definition) is 1. The Balaban J connectivity index is 1.89. The van der Waals surface area contributed by atoms with Gasteiger partial charge in [-0.1, -0.05) is 12.1 Å². The highest BCUT2D eigenvalue weighted by Crippen LogP contribution is 2.16. The predicted molar refractivity (Wildman–Crippen MR) is 79.6 cm³/mol. The fourth-order valence-electron chi connectivity index (χ4n) is 2.29. The number of ether oxygens (including phenoxy) is 1. The van der Waals surface area contributed by atoms with Gasteiger partial charge < -0.3 is 15.0 Å². The molecule has 0 radical (unpaired) electrons. The maximum Gasteiger partial charge on any atom is 0.408 e. The Kier molecular flexibility index (Phi) is 4.68. The van der Waals surface area contributed by atoms with Gasteiger partial charge in [0.1, 0.15) is 17.5 Å². The van der Waals surface area contributed by atoms with E-state index in [1.807, 2.05) is 0 Å². The number of nitrogens with one attached hydrogen (secondary N) is 1. The third kappa shape index (κ3) is 4.44. The van der Waals surface area contributed by atoms with Crippen LogP contribution in [0.2, 0.25) is 0 Å². The first-order chi connectivity index (χ1) is 10.2. The molecule has 0 aromatic heterocycles. The minimum atomic E-state index is -0.598. The Morgan fingerprint density at radius 2 is 2.00 bits per heavy atom. The van der Waals surface area contributed by atoms with Gasteiger partial charge in [0.15, 0.2) is 0 Å². The number of nitrogens with zero attached hydrogens (tertiary/aromatic N) is 1. The monoisotopic (exact) mass is 308 g/mol. The number of benzene rings is 1. The fraction of sp³-hybridized carbons (Fsp3) is 0.500. The number of halogens is 1. The second-order valence-corrected chi connectivity index (χ2v) is 6.37. The van der Waals surface area contributed by atoms with Crippen molar-refractivity contribution in [3.63, 3.8) is 0 Å². The molecule has 1 aromatic carbocycles. The molecular formula is C16H21FN2O3. The van der Waals surface area contributed by atoms with E-state index >= 15 is 0 Å². The number of hydrogen-bond acceptors (Lipinski definition) is 3. The standard InChI is InChI=1S/C16H21FN2O3/c1-16(2,3)22-15(21)18-13-8-9-19(14(13)20)10-11-4-6-12(17)7-5-11/h4-7,13H,8-10H2,1-3H3,(H,18,21)/t13-/m0/s1. The van der Waals surface area contributed by atoms with Crippen molar-refractivity contribution in [2.45, 2.75) is 45.4 Å². The van der Waals surface area contributed by atoms with Crippen LogP contribution >= 0.6 is 0 Å². The van der Waals surface area contributed by atoms with Crippen LogP contribution in [-0.2, 0) is 16.1 Å². The second-order valence-electron chi connectivity index (χ2n) is 6.37. The Morgan fingerprint density at radius 1 is 1.36 bits per heavy atom. The number of carbonyl (C=O) groups is 2. The van der Waals surface area contributed by atoms with E-state index in [-0.39, 0.29) is 11.7 Å². The summed E-state index contributed by atoms with van der Waals surface area (Å²) < 4.78 is 18.0. The van der Waals surface area contributed by atoms with Crippen molar-refractivity contribution in [1.82, 2.24) is 10.2 Å². The van der Waals surface area contributed by atoms with E-state index in [2.05, 4.69) is 5.32 Å². The summed E-state index contributed by atoms with van der Waals surface area (Å²) in [5, 5.41) is 2.60. The molecule has 1 fully saturated rings. The molecule has 120 valence electrons. The van der Waals surface area contributed by atoms with E-state index in [1.54, 1.807) is 37.8 Å². The summed E-state index contributed by atoms with van der Waals surface area (Å²) in [6, 6.07) is 5.47. The lowest BCUT2D eigenvalue weighted by molar-refractivity contribution is -0.129. The lowest BCUT2D eigenvalue weighted by Gasteiger charge is -2.21. The van der Waals surface area contributed by atoms with E-state index < -0.39 is 17.7 Å². The summed E-state index contributed by atoms with van der Waals surface area (Å²) in [4.78, 5) is 25.6. The summed E-state index contributed by atoms with van der Waals surface area (Å²) in [7, 11) is 0. The van der Waals surface area contributed by atoms with Crippen molar-refractivity contribution in [3.05, 3.63) is 35.6 Å². The van der Waals surface area contributed by atoms with Gasteiger partial charge in [-0.05, 0) is 44.9 Å². The van der Waals surface area contributed by atoms with E-state index in [4.69, 9.17) is 4.74 Å². The largest absolute Gasteiger partial charge is 0.444 e. The number of alkyl carbamates (subject to hydrolysis) is 1. The summed E-state index contributed by atoms with van der Waals surface area (Å²) in [6.07, 6.45) is -0.0475. The smallest absolute Gasteiger partial charge is 0.408 e. The van der Waals surface area contributed by atoms with Crippen LogP contribution in [0.5, 0.6) is 0 Å². The number of likely N-dealkylation sites (tertiary alicyclic amines) is 1. The lowest BCUT2D eigenvalue weighted by Crippen LogP contribution is -2.43. The van der Waals surface area contributed by atoms with Crippen LogP contribution in [-0.4, -0.2) is 35.1 Å². The van der Waals surface area contributed by atoms with Crippen molar-refractivity contribution in [2.75, 3.05) is 6.54 Å². The zero-order valence-corrected chi connectivity index (χ0v) is 13.1. The highest BCUT2D eigenvalue weighted by atomic mass is 19.1. The molecule has 1 aromatic rings. The average molecular weight is 308 g/mol. The fourth-order valence-corrected chi connectivity index (χ4v) is 2.29. The van der Waals surface area contributed by atoms with Crippen molar-refractivity contribution >= 4 is 12.0 Å². The maximum atomic E-state index is 12.9. The van der Waals surface area contributed by atoms with Crippen LogP contribution in [0.1, 0.15) is 32.8 Å². The molecule has 22 heavy (non-hydrogen) atoms. The minimum absolute atomic E-state index is 0.143. The molecule has 0 bridgehead atoms. The summed E-state index contributed by atoms with van der Waals surface area (Å²) in [5.74, 6) is -0.448. The van der Waals surface area contributed by atoms with Gasteiger partial charge in [0.25, 0.3) is 0 Å². The predicted octanol–water partition coefficient (Wildman–Crippen LogP) is 2.45. The first-order valence-electron chi connectivity index (χ1n) is 7.27. The highest BCUT2D eigenvalue weighted by Gasteiger charge is 2.33. The molecule has 0 spiro atoms. The van der Waals surface area contributed by atoms with Crippen LogP contribution in [0.15, 0.2) is 24.3 Å². The van der Waals surface area contributed by atoms with Crippen molar-refractivity contribution in [1.29, 1.82) is 0 Å². The molecule has 1 aliphatic heterocycles.